The van der Waals surface area contributed by atoms with E-state index in [1.54, 1.807) is 49.5 Å². The Morgan fingerprint density at radius 3 is 2.84 bits per heavy atom. The van der Waals surface area contributed by atoms with Crippen molar-refractivity contribution in [2.75, 3.05) is 47.5 Å². The molecule has 2 aromatic carbocycles. The summed E-state index contributed by atoms with van der Waals surface area (Å²) in [4.78, 5) is 21.5. The zero-order valence-corrected chi connectivity index (χ0v) is 21.9. The largest absolute Gasteiger partial charge is 0.497 e. The number of hydrogen-bond donors (Lipinski definition) is 1. The molecule has 1 aromatic heterocycles. The zero-order chi connectivity index (χ0) is 26.4. The average Bonchev–Trinajstić information content (AvgIpc) is 3.35. The summed E-state index contributed by atoms with van der Waals surface area (Å²) in [5, 5.41) is 10.6. The number of rotatable bonds is 10. The number of methoxy groups -OCH3 is 1. The number of likely N-dealkylation sites (tertiary alicyclic amines) is 1. The summed E-state index contributed by atoms with van der Waals surface area (Å²) >= 11 is 0. The molecule has 4 rings (SSSR count). The number of aromatic nitrogens is 1. The topological polar surface area (TPSA) is 114 Å². The van der Waals surface area contributed by atoms with Crippen LogP contribution in [0, 0.1) is 0 Å². The van der Waals surface area contributed by atoms with Crippen LogP contribution in [0.4, 0.5) is 5.69 Å². The maximum absolute atomic E-state index is 13.3. The first-order chi connectivity index (χ1) is 17.9. The van der Waals surface area contributed by atoms with Crippen molar-refractivity contribution in [3.63, 3.8) is 0 Å². The molecular formula is C26H31N4O6S-. The van der Waals surface area contributed by atoms with Crippen LogP contribution in [0.25, 0.3) is 10.9 Å². The van der Waals surface area contributed by atoms with Crippen molar-refractivity contribution in [1.29, 1.82) is 0 Å². The molecule has 198 valence electrons. The fourth-order valence-electron chi connectivity index (χ4n) is 4.39. The molecule has 3 aromatic rings. The Kier molecular flexibility index (Phi) is 8.93. The predicted molar refractivity (Wildman–Crippen MR) is 140 cm³/mol. The van der Waals surface area contributed by atoms with E-state index in [2.05, 4.69) is 14.2 Å². The number of carbonyl (C=O) groups excluding carboxylic acids is 1. The van der Waals surface area contributed by atoms with Crippen LogP contribution in [-0.4, -0.2) is 79.4 Å². The van der Waals surface area contributed by atoms with Gasteiger partial charge in [0.1, 0.15) is 11.5 Å². The Hall–Kier alpha value is -3.25. The Balaban J connectivity index is 1.54. The van der Waals surface area contributed by atoms with Crippen LogP contribution < -0.4 is 9.47 Å². The van der Waals surface area contributed by atoms with Crippen LogP contribution in [0.3, 0.4) is 0 Å². The molecule has 10 nitrogen and oxygen atoms in total. The summed E-state index contributed by atoms with van der Waals surface area (Å²) in [6.07, 6.45) is 1.97. The summed E-state index contributed by atoms with van der Waals surface area (Å²) in [6.45, 7) is 1.73. The SMILES string of the molecule is COc1cccc(C(CN2CC[C@H](O)C2)N(C)C(=O)COc2ccc(N=[S-](=O)OC)c3ncccc23)c1. The zero-order valence-electron chi connectivity index (χ0n) is 21.1. The van der Waals surface area contributed by atoms with E-state index in [4.69, 9.17) is 13.7 Å². The first-order valence-corrected chi connectivity index (χ1v) is 12.9. The number of benzene rings is 2. The summed E-state index contributed by atoms with van der Waals surface area (Å²) in [7, 11) is 2.83. The van der Waals surface area contributed by atoms with E-state index >= 15 is 0 Å². The number of aliphatic hydroxyl groups excluding tert-OH is 1. The molecule has 1 fully saturated rings. The lowest BCUT2D eigenvalue weighted by Gasteiger charge is -2.32. The van der Waals surface area contributed by atoms with Crippen molar-refractivity contribution >= 4 is 33.4 Å². The van der Waals surface area contributed by atoms with Gasteiger partial charge in [-0.25, -0.2) is 0 Å². The van der Waals surface area contributed by atoms with E-state index in [9.17, 15) is 14.1 Å². The van der Waals surface area contributed by atoms with Gasteiger partial charge in [-0.05, 0) is 48.4 Å². The van der Waals surface area contributed by atoms with Crippen LogP contribution >= 0.6 is 0 Å². The molecule has 1 N–H and O–H groups in total. The molecular weight excluding hydrogens is 496 g/mol. The van der Waals surface area contributed by atoms with Gasteiger partial charge in [-0.15, -0.1) is 0 Å². The van der Waals surface area contributed by atoms with Crippen LogP contribution in [0.5, 0.6) is 11.5 Å². The second-order valence-corrected chi connectivity index (χ2v) is 9.70. The third kappa shape index (κ3) is 6.55. The minimum atomic E-state index is -1.83. The number of pyridine rings is 1. The molecule has 0 saturated carbocycles. The summed E-state index contributed by atoms with van der Waals surface area (Å²) in [5.41, 5.74) is 1.83. The maximum Gasteiger partial charge on any atom is 0.260 e. The predicted octanol–water partition coefficient (Wildman–Crippen LogP) is 3.23. The molecule has 1 aliphatic rings. The van der Waals surface area contributed by atoms with E-state index in [-0.39, 0.29) is 24.7 Å². The van der Waals surface area contributed by atoms with E-state index in [0.29, 0.717) is 47.6 Å². The highest BCUT2D eigenvalue weighted by molar-refractivity contribution is 7.69. The number of hydrogen-bond acceptors (Lipinski definition) is 10. The number of β-amino-alcohol motifs (C(OH)–C–C–N with tert-alkyl or cyclic N) is 1. The Morgan fingerprint density at radius 1 is 1.27 bits per heavy atom. The third-order valence-corrected chi connectivity index (χ3v) is 7.02. The van der Waals surface area contributed by atoms with Gasteiger partial charge in [0.15, 0.2) is 6.61 Å². The van der Waals surface area contributed by atoms with Gasteiger partial charge in [-0.2, -0.15) is 0 Å². The monoisotopic (exact) mass is 527 g/mol. The summed E-state index contributed by atoms with van der Waals surface area (Å²) in [6, 6.07) is 14.3. The van der Waals surface area contributed by atoms with Gasteiger partial charge in [-0.1, -0.05) is 23.0 Å². The number of fused-ring (bicyclic) bond motifs is 1. The van der Waals surface area contributed by atoms with E-state index in [0.717, 1.165) is 12.1 Å². The molecule has 0 aliphatic carbocycles. The lowest BCUT2D eigenvalue weighted by atomic mass is 10.0. The highest BCUT2D eigenvalue weighted by Crippen LogP contribution is 2.32. The van der Waals surface area contributed by atoms with Crippen molar-refractivity contribution < 1.29 is 27.8 Å². The van der Waals surface area contributed by atoms with Gasteiger partial charge in [-0.3, -0.25) is 14.7 Å². The standard InChI is InChI=1S/C26H31N4O6S/c1-29(23(16-30-13-11-19(31)15-30)18-6-4-7-20(14-18)34-2)25(32)17-36-24-10-9-22(28-37(33)35-3)26-21(24)8-5-12-27-26/h4-10,12,14,19,23,31H,11,13,15-17H2,1-3H3/q-1/t19-,23?/m0/s1. The molecule has 0 bridgehead atoms. The minimum Gasteiger partial charge on any atom is -0.497 e. The number of nitrogens with zero attached hydrogens (tertiary/aromatic N) is 4. The van der Waals surface area contributed by atoms with Crippen molar-refractivity contribution in [2.45, 2.75) is 18.6 Å². The lowest BCUT2D eigenvalue weighted by molar-refractivity contribution is -0.134. The van der Waals surface area contributed by atoms with Crippen molar-refractivity contribution in [3.05, 3.63) is 60.3 Å². The molecule has 1 amide bonds. The highest BCUT2D eigenvalue weighted by Gasteiger charge is 2.28. The molecule has 1 aliphatic heterocycles. The first-order valence-electron chi connectivity index (χ1n) is 11.9. The highest BCUT2D eigenvalue weighted by atomic mass is 32.2. The van der Waals surface area contributed by atoms with E-state index in [1.807, 2.05) is 24.3 Å². The lowest BCUT2D eigenvalue weighted by Crippen LogP contribution is -2.41. The van der Waals surface area contributed by atoms with E-state index in [1.165, 1.54) is 7.11 Å². The molecule has 2 atom stereocenters. The Morgan fingerprint density at radius 2 is 2.11 bits per heavy atom. The number of amides is 1. The van der Waals surface area contributed by atoms with Crippen LogP contribution in [0.2, 0.25) is 0 Å². The number of carbonyl (C=O) groups is 1. The summed E-state index contributed by atoms with van der Waals surface area (Å²) < 4.78 is 31.9. The Bertz CT molecular complexity index is 1330. The maximum atomic E-state index is 13.3. The van der Waals surface area contributed by atoms with Gasteiger partial charge < -0.3 is 32.2 Å². The molecule has 11 heteroatoms. The van der Waals surface area contributed by atoms with Crippen LogP contribution in [0.15, 0.2) is 59.1 Å². The van der Waals surface area contributed by atoms with E-state index < -0.39 is 10.9 Å². The number of aliphatic hydroxyl groups is 1. The molecule has 1 unspecified atom stereocenters. The molecule has 0 spiro atoms. The van der Waals surface area contributed by atoms with Gasteiger partial charge in [0, 0.05) is 45.4 Å². The average molecular weight is 528 g/mol. The number of likely N-dealkylation sites (N-methyl/N-ethyl adjacent to an activating group) is 1. The Labute approximate surface area is 218 Å². The molecule has 37 heavy (non-hydrogen) atoms. The van der Waals surface area contributed by atoms with Gasteiger partial charge in [0.25, 0.3) is 5.91 Å². The molecule has 2 heterocycles. The quantitative estimate of drug-likeness (QED) is 0.400. The minimum absolute atomic E-state index is 0.190. The van der Waals surface area contributed by atoms with Crippen molar-refractivity contribution in [1.82, 2.24) is 14.8 Å². The number of ether oxygens (including phenoxy) is 2. The molecule has 1 saturated heterocycles. The second kappa shape index (κ2) is 12.3. The van der Waals surface area contributed by atoms with Gasteiger partial charge in [0.2, 0.25) is 0 Å². The third-order valence-electron chi connectivity index (χ3n) is 6.39. The fourth-order valence-corrected chi connectivity index (χ4v) is 4.77. The van der Waals surface area contributed by atoms with Crippen LogP contribution in [-0.2, 0) is 24.1 Å². The van der Waals surface area contributed by atoms with Crippen molar-refractivity contribution in [3.8, 4) is 11.5 Å². The van der Waals surface area contributed by atoms with Crippen molar-refractivity contribution in [2.24, 2.45) is 4.36 Å². The second-order valence-electron chi connectivity index (χ2n) is 8.75. The van der Waals surface area contributed by atoms with Gasteiger partial charge in [0.05, 0.1) is 30.5 Å². The fraction of sp³-hybridized carbons (Fsp3) is 0.385. The smallest absolute Gasteiger partial charge is 0.260 e. The molecule has 0 radical (unpaired) electrons. The summed E-state index contributed by atoms with van der Waals surface area (Å²) in [5.74, 6) is 0.964. The van der Waals surface area contributed by atoms with Crippen LogP contribution in [0.1, 0.15) is 18.0 Å². The normalized spacial score (nSPS) is 17.6. The van der Waals surface area contributed by atoms with Gasteiger partial charge >= 0.3 is 0 Å². The first kappa shape index (κ1) is 26.8.